The Kier molecular flexibility index (Phi) is 4.50. The van der Waals surface area contributed by atoms with Crippen molar-refractivity contribution in [2.75, 3.05) is 0 Å². The van der Waals surface area contributed by atoms with E-state index in [1.54, 1.807) is 0 Å². The molecular weight excluding hydrogens is 388 g/mol. The van der Waals surface area contributed by atoms with Crippen molar-refractivity contribution in [3.63, 3.8) is 0 Å². The van der Waals surface area contributed by atoms with Crippen LogP contribution in [0.25, 0.3) is 28.1 Å². The van der Waals surface area contributed by atoms with Crippen LogP contribution in [-0.2, 0) is 10.8 Å². The second-order valence-corrected chi connectivity index (χ2v) is 10.4. The third-order valence-electron chi connectivity index (χ3n) is 7.99. The smallest absolute Gasteiger partial charge is 0.0930 e. The van der Waals surface area contributed by atoms with Crippen molar-refractivity contribution in [1.29, 1.82) is 0 Å². The molecule has 2 heterocycles. The SMILES string of the molecule is Cc1cc(-c2cc3n(n2)-c2ccccc2C(C)(C)C3(C)C)ccc1-c1c(C)cccc1C. The van der Waals surface area contributed by atoms with Crippen molar-refractivity contribution in [1.82, 2.24) is 9.78 Å². The van der Waals surface area contributed by atoms with Crippen LogP contribution in [0.15, 0.2) is 66.7 Å². The van der Waals surface area contributed by atoms with Gasteiger partial charge in [-0.05, 0) is 72.4 Å². The summed E-state index contributed by atoms with van der Waals surface area (Å²) in [5, 5.41) is 5.12. The molecule has 32 heavy (non-hydrogen) atoms. The Hall–Kier alpha value is -3.13. The minimum Gasteiger partial charge on any atom is -0.236 e. The van der Waals surface area contributed by atoms with E-state index in [0.717, 1.165) is 5.69 Å². The molecule has 0 saturated carbocycles. The Balaban J connectivity index is 1.65. The molecule has 0 spiro atoms. The van der Waals surface area contributed by atoms with Gasteiger partial charge in [-0.2, -0.15) is 5.10 Å². The molecule has 2 nitrogen and oxygen atoms in total. The van der Waals surface area contributed by atoms with Gasteiger partial charge in [0, 0.05) is 16.4 Å². The van der Waals surface area contributed by atoms with E-state index in [-0.39, 0.29) is 10.8 Å². The lowest BCUT2D eigenvalue weighted by Gasteiger charge is -2.46. The lowest BCUT2D eigenvalue weighted by molar-refractivity contribution is 0.275. The minimum absolute atomic E-state index is 0.0129. The first-order valence-electron chi connectivity index (χ1n) is 11.5. The van der Waals surface area contributed by atoms with E-state index >= 15 is 0 Å². The van der Waals surface area contributed by atoms with Crippen LogP contribution in [0.4, 0.5) is 0 Å². The Morgan fingerprint density at radius 1 is 0.688 bits per heavy atom. The third-order valence-corrected chi connectivity index (χ3v) is 7.99. The van der Waals surface area contributed by atoms with Crippen molar-refractivity contribution in [2.45, 2.75) is 59.3 Å². The number of aromatic nitrogens is 2. The van der Waals surface area contributed by atoms with E-state index in [1.807, 2.05) is 0 Å². The van der Waals surface area contributed by atoms with Crippen LogP contribution in [0.2, 0.25) is 0 Å². The second kappa shape index (κ2) is 6.93. The molecular formula is C30H32N2. The van der Waals surface area contributed by atoms with Gasteiger partial charge in [0.15, 0.2) is 0 Å². The van der Waals surface area contributed by atoms with E-state index in [0.29, 0.717) is 0 Å². The van der Waals surface area contributed by atoms with Crippen LogP contribution in [0, 0.1) is 20.8 Å². The highest BCUT2D eigenvalue weighted by atomic mass is 15.3. The molecule has 5 rings (SSSR count). The number of nitrogens with zero attached hydrogens (tertiary/aromatic N) is 2. The first kappa shape index (κ1) is 20.8. The lowest BCUT2D eigenvalue weighted by atomic mass is 9.60. The predicted octanol–water partition coefficient (Wildman–Crippen LogP) is 7.70. The Bertz CT molecular complexity index is 1330. The van der Waals surface area contributed by atoms with Crippen LogP contribution in [0.3, 0.4) is 0 Å². The van der Waals surface area contributed by atoms with Gasteiger partial charge in [-0.15, -0.1) is 0 Å². The number of para-hydroxylation sites is 1. The Labute approximate surface area is 191 Å². The lowest BCUT2D eigenvalue weighted by Crippen LogP contribution is -2.45. The van der Waals surface area contributed by atoms with Gasteiger partial charge in [-0.25, -0.2) is 4.68 Å². The van der Waals surface area contributed by atoms with Gasteiger partial charge in [0.25, 0.3) is 0 Å². The van der Waals surface area contributed by atoms with Crippen molar-refractivity contribution in [3.8, 4) is 28.1 Å². The fourth-order valence-electron chi connectivity index (χ4n) is 5.34. The molecule has 0 aliphatic carbocycles. The number of rotatable bonds is 2. The highest BCUT2D eigenvalue weighted by molar-refractivity contribution is 5.77. The second-order valence-electron chi connectivity index (χ2n) is 10.4. The number of benzene rings is 3. The molecule has 1 aromatic heterocycles. The van der Waals surface area contributed by atoms with Crippen molar-refractivity contribution >= 4 is 0 Å². The maximum Gasteiger partial charge on any atom is 0.0930 e. The van der Waals surface area contributed by atoms with E-state index in [1.165, 1.54) is 50.3 Å². The molecule has 4 aromatic rings. The topological polar surface area (TPSA) is 17.8 Å². The van der Waals surface area contributed by atoms with Crippen molar-refractivity contribution < 1.29 is 0 Å². The first-order chi connectivity index (χ1) is 15.1. The highest BCUT2D eigenvalue weighted by Gasteiger charge is 2.47. The molecule has 0 fully saturated rings. The maximum atomic E-state index is 5.12. The summed E-state index contributed by atoms with van der Waals surface area (Å²) in [6, 6.07) is 24.3. The number of aryl methyl sites for hydroxylation is 3. The van der Waals surface area contributed by atoms with E-state index < -0.39 is 0 Å². The first-order valence-corrected chi connectivity index (χ1v) is 11.5. The summed E-state index contributed by atoms with van der Waals surface area (Å²) in [5.74, 6) is 0. The van der Waals surface area contributed by atoms with Gasteiger partial charge in [-0.1, -0.05) is 76.2 Å². The summed E-state index contributed by atoms with van der Waals surface area (Å²) >= 11 is 0. The number of fused-ring (bicyclic) bond motifs is 3. The summed E-state index contributed by atoms with van der Waals surface area (Å²) in [6.45, 7) is 16.0. The standard InChI is InChI=1S/C30H32N2/c1-19-11-10-12-20(2)28(19)23-16-15-22(17-21(23)3)25-18-27-30(6,7)29(4,5)24-13-8-9-14-26(24)32(27)31-25/h8-18H,1-7H3. The van der Waals surface area contributed by atoms with Crippen LogP contribution < -0.4 is 0 Å². The number of hydrogen-bond donors (Lipinski definition) is 0. The van der Waals surface area contributed by atoms with Crippen LogP contribution in [-0.4, -0.2) is 9.78 Å². The van der Waals surface area contributed by atoms with E-state index in [9.17, 15) is 0 Å². The largest absolute Gasteiger partial charge is 0.236 e. The Morgan fingerprint density at radius 3 is 2.06 bits per heavy atom. The van der Waals surface area contributed by atoms with Gasteiger partial charge in [0.2, 0.25) is 0 Å². The average Bonchev–Trinajstić information content (AvgIpc) is 3.20. The zero-order valence-corrected chi connectivity index (χ0v) is 20.2. The molecule has 0 radical (unpaired) electrons. The molecule has 0 unspecified atom stereocenters. The molecule has 1 aliphatic heterocycles. The zero-order valence-electron chi connectivity index (χ0n) is 20.2. The van der Waals surface area contributed by atoms with E-state index in [4.69, 9.17) is 5.10 Å². The van der Waals surface area contributed by atoms with Gasteiger partial charge >= 0.3 is 0 Å². The maximum absolute atomic E-state index is 5.12. The molecule has 2 heteroatoms. The summed E-state index contributed by atoms with van der Waals surface area (Å²) in [7, 11) is 0. The number of hydrogen-bond acceptors (Lipinski definition) is 1. The normalized spacial score (nSPS) is 15.8. The summed E-state index contributed by atoms with van der Waals surface area (Å²) in [4.78, 5) is 0. The monoisotopic (exact) mass is 420 g/mol. The fraction of sp³-hybridized carbons (Fsp3) is 0.300. The van der Waals surface area contributed by atoms with Crippen molar-refractivity contribution in [2.24, 2.45) is 0 Å². The van der Waals surface area contributed by atoms with Gasteiger partial charge < -0.3 is 0 Å². The summed E-state index contributed by atoms with van der Waals surface area (Å²) < 4.78 is 2.17. The van der Waals surface area contributed by atoms with Gasteiger partial charge in [0.1, 0.15) is 0 Å². The molecule has 0 amide bonds. The van der Waals surface area contributed by atoms with Crippen LogP contribution in [0.1, 0.15) is 55.6 Å². The third kappa shape index (κ3) is 2.82. The van der Waals surface area contributed by atoms with Crippen LogP contribution >= 0.6 is 0 Å². The van der Waals surface area contributed by atoms with E-state index in [2.05, 4.69) is 120 Å². The molecule has 1 aliphatic rings. The molecule has 0 N–H and O–H groups in total. The fourth-order valence-corrected chi connectivity index (χ4v) is 5.34. The quantitative estimate of drug-likeness (QED) is 0.325. The summed E-state index contributed by atoms with van der Waals surface area (Å²) in [6.07, 6.45) is 0. The summed E-state index contributed by atoms with van der Waals surface area (Å²) in [5.41, 5.74) is 12.6. The van der Waals surface area contributed by atoms with Gasteiger partial charge in [-0.3, -0.25) is 0 Å². The molecule has 0 bridgehead atoms. The highest BCUT2D eigenvalue weighted by Crippen LogP contribution is 2.50. The predicted molar refractivity (Wildman–Crippen MR) is 135 cm³/mol. The Morgan fingerprint density at radius 2 is 1.38 bits per heavy atom. The molecule has 0 saturated heterocycles. The molecule has 162 valence electrons. The van der Waals surface area contributed by atoms with Crippen molar-refractivity contribution in [3.05, 3.63) is 94.7 Å². The zero-order chi connectivity index (χ0) is 22.8. The molecule has 0 atom stereocenters. The molecule has 3 aromatic carbocycles. The minimum atomic E-state index is -0.0418. The average molecular weight is 421 g/mol. The van der Waals surface area contributed by atoms with Crippen LogP contribution in [0.5, 0.6) is 0 Å². The van der Waals surface area contributed by atoms with Gasteiger partial charge in [0.05, 0.1) is 17.1 Å².